The highest BCUT2D eigenvalue weighted by Gasteiger charge is 2.42. The Kier molecular flexibility index (Phi) is 4.41. The molecule has 4 aromatic rings. The number of carbonyl (C=O) groups is 1. The van der Waals surface area contributed by atoms with E-state index in [-0.39, 0.29) is 5.78 Å². The first kappa shape index (κ1) is 18.6. The number of rotatable bonds is 4. The Morgan fingerprint density at radius 1 is 0.800 bits per heavy atom. The quantitative estimate of drug-likeness (QED) is 0.513. The minimum Gasteiger partial charge on any atom is -0.494 e. The Hall–Kier alpha value is -3.43. The molecule has 1 N–H and O–H groups in total. The summed E-state index contributed by atoms with van der Waals surface area (Å²) in [7, 11) is 0. The molecule has 0 radical (unpaired) electrons. The van der Waals surface area contributed by atoms with Crippen LogP contribution in [0.3, 0.4) is 0 Å². The second-order valence-electron chi connectivity index (χ2n) is 7.65. The SMILES string of the molecule is CCOc1ccc2ccccc2c1CC1(O)c2ccccc2C(=O)c2ccccc21. The van der Waals surface area contributed by atoms with Crippen LogP contribution in [-0.2, 0) is 12.0 Å². The Morgan fingerprint density at radius 3 is 2.07 bits per heavy atom. The molecule has 30 heavy (non-hydrogen) atoms. The van der Waals surface area contributed by atoms with Crippen molar-refractivity contribution in [2.24, 2.45) is 0 Å². The Labute approximate surface area is 175 Å². The van der Waals surface area contributed by atoms with Crippen LogP contribution >= 0.6 is 0 Å². The van der Waals surface area contributed by atoms with Gasteiger partial charge in [0, 0.05) is 23.1 Å². The second kappa shape index (κ2) is 7.12. The standard InChI is InChI=1S/C27H22O3/c1-2-30-25-16-15-18-9-3-4-10-19(18)22(25)17-27(29)23-13-7-5-11-20(23)26(28)21-12-6-8-14-24(21)27/h3-16,29H,2,17H2,1H3. The van der Waals surface area contributed by atoms with E-state index in [9.17, 15) is 9.90 Å². The van der Waals surface area contributed by atoms with E-state index in [4.69, 9.17) is 4.74 Å². The van der Waals surface area contributed by atoms with E-state index in [1.54, 1.807) is 12.1 Å². The molecule has 0 heterocycles. The fraction of sp³-hybridized carbons (Fsp3) is 0.148. The fourth-order valence-corrected chi connectivity index (χ4v) is 4.61. The van der Waals surface area contributed by atoms with Crippen molar-refractivity contribution in [2.75, 3.05) is 6.61 Å². The van der Waals surface area contributed by atoms with E-state index >= 15 is 0 Å². The molecule has 148 valence electrons. The third-order valence-electron chi connectivity index (χ3n) is 5.96. The zero-order valence-electron chi connectivity index (χ0n) is 16.8. The van der Waals surface area contributed by atoms with Gasteiger partial charge in [0.25, 0.3) is 0 Å². The number of hydrogen-bond donors (Lipinski definition) is 1. The van der Waals surface area contributed by atoms with E-state index in [2.05, 4.69) is 12.1 Å². The Morgan fingerprint density at radius 2 is 1.40 bits per heavy atom. The molecule has 5 rings (SSSR count). The topological polar surface area (TPSA) is 46.5 Å². The van der Waals surface area contributed by atoms with Gasteiger partial charge in [-0.15, -0.1) is 0 Å². The largest absolute Gasteiger partial charge is 0.494 e. The van der Waals surface area contributed by atoms with Crippen LogP contribution in [0, 0.1) is 0 Å². The summed E-state index contributed by atoms with van der Waals surface area (Å²) in [6, 6.07) is 26.9. The van der Waals surface area contributed by atoms with Crippen LogP contribution in [0.5, 0.6) is 5.75 Å². The van der Waals surface area contributed by atoms with E-state index in [1.165, 1.54) is 0 Å². The van der Waals surface area contributed by atoms with Crippen LogP contribution in [0.2, 0.25) is 0 Å². The van der Waals surface area contributed by atoms with Gasteiger partial charge < -0.3 is 9.84 Å². The lowest BCUT2D eigenvalue weighted by Gasteiger charge is -2.36. The lowest BCUT2D eigenvalue weighted by molar-refractivity contribution is 0.0717. The van der Waals surface area contributed by atoms with Gasteiger partial charge in [-0.25, -0.2) is 0 Å². The summed E-state index contributed by atoms with van der Waals surface area (Å²) in [6.07, 6.45) is 0.311. The highest BCUT2D eigenvalue weighted by Crippen LogP contribution is 2.44. The molecule has 0 saturated carbocycles. The van der Waals surface area contributed by atoms with E-state index in [0.29, 0.717) is 35.3 Å². The lowest BCUT2D eigenvalue weighted by atomic mass is 9.71. The number of benzene rings is 4. The average Bonchev–Trinajstić information content (AvgIpc) is 2.79. The van der Waals surface area contributed by atoms with Gasteiger partial charge in [-0.3, -0.25) is 4.79 Å². The van der Waals surface area contributed by atoms with Crippen LogP contribution in [0.15, 0.2) is 84.9 Å². The maximum Gasteiger partial charge on any atom is 0.193 e. The molecule has 4 aromatic carbocycles. The smallest absolute Gasteiger partial charge is 0.193 e. The van der Waals surface area contributed by atoms with Gasteiger partial charge in [0.2, 0.25) is 0 Å². The van der Waals surface area contributed by atoms with E-state index in [0.717, 1.165) is 22.1 Å². The fourth-order valence-electron chi connectivity index (χ4n) is 4.61. The van der Waals surface area contributed by atoms with Gasteiger partial charge in [-0.05, 0) is 34.9 Å². The first-order valence-corrected chi connectivity index (χ1v) is 10.2. The summed E-state index contributed by atoms with van der Waals surface area (Å²) >= 11 is 0. The van der Waals surface area contributed by atoms with Crippen molar-refractivity contribution in [1.29, 1.82) is 0 Å². The molecule has 3 nitrogen and oxygen atoms in total. The van der Waals surface area contributed by atoms with Crippen LogP contribution in [0.25, 0.3) is 10.8 Å². The highest BCUT2D eigenvalue weighted by molar-refractivity contribution is 6.13. The molecule has 0 aliphatic heterocycles. The van der Waals surface area contributed by atoms with E-state index in [1.807, 2.05) is 67.6 Å². The summed E-state index contributed by atoms with van der Waals surface area (Å²) in [5.41, 5.74) is 2.00. The van der Waals surface area contributed by atoms with Gasteiger partial charge in [-0.2, -0.15) is 0 Å². The molecule has 0 aromatic heterocycles. The second-order valence-corrected chi connectivity index (χ2v) is 7.65. The molecule has 0 fully saturated rings. The molecule has 3 heteroatoms. The molecule has 0 saturated heterocycles. The Bertz CT molecular complexity index is 1220. The molecule has 0 spiro atoms. The maximum atomic E-state index is 13.1. The number of ether oxygens (including phenoxy) is 1. The van der Waals surface area contributed by atoms with Crippen molar-refractivity contribution in [3.8, 4) is 5.75 Å². The summed E-state index contributed by atoms with van der Waals surface area (Å²) in [6.45, 7) is 2.49. The number of aliphatic hydroxyl groups is 1. The number of ketones is 1. The molecule has 1 aliphatic carbocycles. The monoisotopic (exact) mass is 394 g/mol. The van der Waals surface area contributed by atoms with E-state index < -0.39 is 5.60 Å². The predicted octanol–water partition coefficient (Wildman–Crippen LogP) is 5.26. The van der Waals surface area contributed by atoms with Crippen molar-refractivity contribution in [1.82, 2.24) is 0 Å². The van der Waals surface area contributed by atoms with Crippen molar-refractivity contribution >= 4 is 16.6 Å². The maximum absolute atomic E-state index is 13.1. The summed E-state index contributed by atoms with van der Waals surface area (Å²) in [5.74, 6) is 0.713. The third kappa shape index (κ3) is 2.74. The lowest BCUT2D eigenvalue weighted by Crippen LogP contribution is -2.37. The van der Waals surface area contributed by atoms with Crippen LogP contribution in [0.4, 0.5) is 0 Å². The number of fused-ring (bicyclic) bond motifs is 3. The molecule has 0 unspecified atom stereocenters. The van der Waals surface area contributed by atoms with Crippen LogP contribution in [0.1, 0.15) is 39.5 Å². The zero-order chi connectivity index (χ0) is 20.7. The number of hydrogen-bond acceptors (Lipinski definition) is 3. The van der Waals surface area contributed by atoms with Crippen molar-refractivity contribution < 1.29 is 14.6 Å². The Balaban J connectivity index is 1.77. The van der Waals surface area contributed by atoms with Gasteiger partial charge in [0.1, 0.15) is 11.4 Å². The minimum absolute atomic E-state index is 0.0474. The summed E-state index contributed by atoms with van der Waals surface area (Å²) in [5, 5.41) is 14.3. The van der Waals surface area contributed by atoms with Crippen molar-refractivity contribution in [3.05, 3.63) is 113 Å². The molecule has 0 amide bonds. The molecule has 0 bridgehead atoms. The number of carbonyl (C=O) groups excluding carboxylic acids is 1. The average molecular weight is 394 g/mol. The molecular formula is C27H22O3. The zero-order valence-corrected chi connectivity index (χ0v) is 16.8. The van der Waals surface area contributed by atoms with Gasteiger partial charge in [-0.1, -0.05) is 78.9 Å². The minimum atomic E-state index is -1.34. The third-order valence-corrected chi connectivity index (χ3v) is 5.96. The molecular weight excluding hydrogens is 372 g/mol. The summed E-state index contributed by atoms with van der Waals surface area (Å²) in [4.78, 5) is 13.1. The van der Waals surface area contributed by atoms with Crippen LogP contribution in [-0.4, -0.2) is 17.5 Å². The van der Waals surface area contributed by atoms with Gasteiger partial charge in [0.15, 0.2) is 5.78 Å². The van der Waals surface area contributed by atoms with Crippen LogP contribution < -0.4 is 4.74 Å². The molecule has 1 aliphatic rings. The highest BCUT2D eigenvalue weighted by atomic mass is 16.5. The van der Waals surface area contributed by atoms with Crippen molar-refractivity contribution in [3.63, 3.8) is 0 Å². The predicted molar refractivity (Wildman–Crippen MR) is 118 cm³/mol. The summed E-state index contributed by atoms with van der Waals surface area (Å²) < 4.78 is 5.95. The molecule has 0 atom stereocenters. The van der Waals surface area contributed by atoms with Crippen molar-refractivity contribution in [2.45, 2.75) is 18.9 Å². The van der Waals surface area contributed by atoms with Gasteiger partial charge in [0.05, 0.1) is 6.61 Å². The first-order valence-electron chi connectivity index (χ1n) is 10.2. The first-order chi connectivity index (χ1) is 14.6. The van der Waals surface area contributed by atoms with Gasteiger partial charge >= 0.3 is 0 Å². The normalized spacial score (nSPS) is 14.3.